The highest BCUT2D eigenvalue weighted by Crippen LogP contribution is 2.23. The minimum atomic E-state index is -0.530. The molecule has 130 valence electrons. The Kier molecular flexibility index (Phi) is 5.48. The van der Waals surface area contributed by atoms with Gasteiger partial charge in [-0.3, -0.25) is 0 Å². The Hall–Kier alpha value is -2.63. The molecule has 0 amide bonds. The van der Waals surface area contributed by atoms with Crippen molar-refractivity contribution >= 4 is 23.8 Å². The van der Waals surface area contributed by atoms with Gasteiger partial charge >= 0.3 is 5.97 Å². The molecule has 1 heterocycles. The van der Waals surface area contributed by atoms with Crippen molar-refractivity contribution in [2.75, 3.05) is 38.1 Å². The Balaban J connectivity index is 1.90. The van der Waals surface area contributed by atoms with E-state index < -0.39 is 5.97 Å². The molecule has 2 N–H and O–H groups in total. The number of likely N-dealkylation sites (N-methyl/N-ethyl adjacent to an activating group) is 1. The van der Waals surface area contributed by atoms with Crippen LogP contribution in [-0.4, -0.2) is 44.1 Å². The maximum Gasteiger partial charge on any atom is 0.357 e. The topological polar surface area (TPSA) is 58.8 Å². The lowest BCUT2D eigenvalue weighted by molar-refractivity contribution is 0.0503. The van der Waals surface area contributed by atoms with Crippen LogP contribution >= 0.6 is 0 Å². The van der Waals surface area contributed by atoms with Gasteiger partial charge in [0.25, 0.3) is 0 Å². The first kappa shape index (κ1) is 17.2. The van der Waals surface area contributed by atoms with Crippen LogP contribution in [0.4, 0.5) is 5.69 Å². The molecule has 0 bridgehead atoms. The summed E-state index contributed by atoms with van der Waals surface area (Å²) in [5.41, 5.74) is 3.44. The van der Waals surface area contributed by atoms with Crippen LogP contribution in [0.1, 0.15) is 21.5 Å². The number of nitrogens with two attached hydrogens (primary N) is 1. The molecule has 1 fully saturated rings. The number of benzene rings is 2. The fraction of sp³-hybridized carbons (Fsp3) is 0.250. The highest BCUT2D eigenvalue weighted by Gasteiger charge is 2.17. The molecule has 0 spiro atoms. The van der Waals surface area contributed by atoms with Crippen molar-refractivity contribution < 1.29 is 9.63 Å². The van der Waals surface area contributed by atoms with Gasteiger partial charge < -0.3 is 14.6 Å². The second-order valence-corrected chi connectivity index (χ2v) is 6.21. The molecule has 0 radical (unpaired) electrons. The van der Waals surface area contributed by atoms with E-state index in [9.17, 15) is 4.79 Å². The van der Waals surface area contributed by atoms with E-state index in [1.165, 1.54) is 0 Å². The van der Waals surface area contributed by atoms with Crippen LogP contribution in [0.3, 0.4) is 0 Å². The summed E-state index contributed by atoms with van der Waals surface area (Å²) < 4.78 is 0. The van der Waals surface area contributed by atoms with E-state index in [2.05, 4.69) is 21.7 Å². The van der Waals surface area contributed by atoms with E-state index in [0.717, 1.165) is 43.0 Å². The van der Waals surface area contributed by atoms with Crippen molar-refractivity contribution in [1.29, 1.82) is 0 Å². The van der Waals surface area contributed by atoms with E-state index in [0.29, 0.717) is 5.56 Å². The van der Waals surface area contributed by atoms with Crippen molar-refractivity contribution in [3.63, 3.8) is 0 Å². The van der Waals surface area contributed by atoms with Gasteiger partial charge in [0.15, 0.2) is 0 Å². The molecule has 0 atom stereocenters. The lowest BCUT2D eigenvalue weighted by Crippen LogP contribution is -2.44. The lowest BCUT2D eigenvalue weighted by Gasteiger charge is -2.34. The van der Waals surface area contributed by atoms with E-state index in [1.807, 2.05) is 54.6 Å². The van der Waals surface area contributed by atoms with Gasteiger partial charge in [0.05, 0.1) is 5.56 Å². The molecule has 1 saturated heterocycles. The van der Waals surface area contributed by atoms with Crippen LogP contribution in [0.5, 0.6) is 0 Å². The average Bonchev–Trinajstić information content (AvgIpc) is 2.67. The molecule has 2 aromatic rings. The summed E-state index contributed by atoms with van der Waals surface area (Å²) >= 11 is 0. The van der Waals surface area contributed by atoms with Crippen molar-refractivity contribution in [3.8, 4) is 0 Å². The SMILES string of the molecule is CN1CCN(c2ccc(C(=O)ON)c(C=Cc3ccccc3)c2)CC1. The van der Waals surface area contributed by atoms with E-state index in [1.54, 1.807) is 6.07 Å². The van der Waals surface area contributed by atoms with Gasteiger partial charge in [0.1, 0.15) is 0 Å². The highest BCUT2D eigenvalue weighted by atomic mass is 16.7. The molecule has 3 rings (SSSR count). The third-order valence-electron chi connectivity index (χ3n) is 4.49. The maximum atomic E-state index is 12.0. The maximum absolute atomic E-state index is 12.0. The first-order valence-electron chi connectivity index (χ1n) is 8.39. The second kappa shape index (κ2) is 7.96. The van der Waals surface area contributed by atoms with Gasteiger partial charge in [-0.2, -0.15) is 5.90 Å². The third kappa shape index (κ3) is 4.26. The summed E-state index contributed by atoms with van der Waals surface area (Å²) in [7, 11) is 2.13. The van der Waals surface area contributed by atoms with E-state index >= 15 is 0 Å². The molecular weight excluding hydrogens is 314 g/mol. The lowest BCUT2D eigenvalue weighted by atomic mass is 10.0. The Labute approximate surface area is 148 Å². The summed E-state index contributed by atoms with van der Waals surface area (Å²) in [5, 5.41) is 0. The number of anilines is 1. The first-order valence-corrected chi connectivity index (χ1v) is 8.39. The molecule has 0 unspecified atom stereocenters. The van der Waals surface area contributed by atoms with Gasteiger partial charge in [-0.05, 0) is 36.4 Å². The van der Waals surface area contributed by atoms with Crippen LogP contribution in [0.25, 0.3) is 12.2 Å². The van der Waals surface area contributed by atoms with Crippen LogP contribution in [0.15, 0.2) is 48.5 Å². The zero-order valence-electron chi connectivity index (χ0n) is 14.4. The largest absolute Gasteiger partial charge is 0.370 e. The van der Waals surface area contributed by atoms with Crippen LogP contribution in [0.2, 0.25) is 0 Å². The number of hydrogen-bond acceptors (Lipinski definition) is 5. The molecule has 5 nitrogen and oxygen atoms in total. The van der Waals surface area contributed by atoms with Crippen LogP contribution < -0.4 is 10.8 Å². The fourth-order valence-electron chi connectivity index (χ4n) is 2.95. The Morgan fingerprint density at radius 3 is 2.44 bits per heavy atom. The van der Waals surface area contributed by atoms with Gasteiger partial charge in [-0.15, -0.1) is 0 Å². The smallest absolute Gasteiger partial charge is 0.357 e. The quantitative estimate of drug-likeness (QED) is 0.686. The summed E-state index contributed by atoms with van der Waals surface area (Å²) in [6.07, 6.45) is 3.91. The molecule has 0 aromatic heterocycles. The zero-order valence-corrected chi connectivity index (χ0v) is 14.4. The monoisotopic (exact) mass is 337 g/mol. The van der Waals surface area contributed by atoms with Gasteiger partial charge in [-0.1, -0.05) is 42.5 Å². The molecule has 25 heavy (non-hydrogen) atoms. The third-order valence-corrected chi connectivity index (χ3v) is 4.49. The van der Waals surface area contributed by atoms with Crippen molar-refractivity contribution in [2.45, 2.75) is 0 Å². The molecule has 1 aliphatic heterocycles. The van der Waals surface area contributed by atoms with Crippen LogP contribution in [-0.2, 0) is 4.84 Å². The van der Waals surface area contributed by atoms with E-state index in [-0.39, 0.29) is 0 Å². The van der Waals surface area contributed by atoms with Crippen molar-refractivity contribution in [1.82, 2.24) is 4.90 Å². The molecular formula is C20H23N3O2. The number of carbonyl (C=O) groups is 1. The van der Waals surface area contributed by atoms with Crippen LogP contribution in [0, 0.1) is 0 Å². The second-order valence-electron chi connectivity index (χ2n) is 6.21. The average molecular weight is 337 g/mol. The summed E-state index contributed by atoms with van der Waals surface area (Å²) in [6, 6.07) is 15.7. The fourth-order valence-corrected chi connectivity index (χ4v) is 2.95. The van der Waals surface area contributed by atoms with E-state index in [4.69, 9.17) is 5.90 Å². The Morgan fingerprint density at radius 2 is 1.76 bits per heavy atom. The predicted molar refractivity (Wildman–Crippen MR) is 101 cm³/mol. The van der Waals surface area contributed by atoms with Gasteiger partial charge in [0, 0.05) is 31.9 Å². The minimum absolute atomic E-state index is 0.465. The molecule has 5 heteroatoms. The number of hydrogen-bond donors (Lipinski definition) is 1. The number of piperazine rings is 1. The standard InChI is InChI=1S/C20H23N3O2/c1-22-11-13-23(14-12-22)18-9-10-19(20(24)25-21)17(15-18)8-7-16-5-3-2-4-6-16/h2-10,15H,11-14,21H2,1H3. The summed E-state index contributed by atoms with van der Waals surface area (Å²) in [6.45, 7) is 4.00. The van der Waals surface area contributed by atoms with Crippen molar-refractivity contribution in [3.05, 3.63) is 65.2 Å². The molecule has 1 aliphatic rings. The minimum Gasteiger partial charge on any atom is -0.370 e. The molecule has 0 saturated carbocycles. The first-order chi connectivity index (χ1) is 12.2. The van der Waals surface area contributed by atoms with Gasteiger partial charge in [-0.25, -0.2) is 4.79 Å². The highest BCUT2D eigenvalue weighted by molar-refractivity contribution is 5.95. The Bertz CT molecular complexity index is 751. The molecule has 0 aliphatic carbocycles. The number of nitrogens with zero attached hydrogens (tertiary/aromatic N) is 2. The van der Waals surface area contributed by atoms with Crippen molar-refractivity contribution in [2.24, 2.45) is 5.90 Å². The normalized spacial score (nSPS) is 15.5. The zero-order chi connectivity index (χ0) is 17.6. The summed E-state index contributed by atoms with van der Waals surface area (Å²) in [5.74, 6) is 4.56. The predicted octanol–water partition coefficient (Wildman–Crippen LogP) is 2.64. The van der Waals surface area contributed by atoms with Gasteiger partial charge in [0.2, 0.25) is 0 Å². The number of carbonyl (C=O) groups excluding carboxylic acids is 1. The number of rotatable bonds is 4. The Morgan fingerprint density at radius 1 is 1.04 bits per heavy atom. The molecule has 2 aromatic carbocycles. The summed E-state index contributed by atoms with van der Waals surface area (Å²) in [4.78, 5) is 21.1.